The maximum atomic E-state index is 14.7. The first-order valence-corrected chi connectivity index (χ1v) is 8.88. The highest BCUT2D eigenvalue weighted by Crippen LogP contribution is 2.29. The summed E-state index contributed by atoms with van der Waals surface area (Å²) in [6, 6.07) is 11.4. The number of carbonyl (C=O) groups excluding carboxylic acids is 2. The van der Waals surface area contributed by atoms with E-state index in [2.05, 4.69) is 15.3 Å². The molecule has 152 valence electrons. The molecule has 1 heterocycles. The SMILES string of the molecule is CO/N=C(\N)c1ccc(-c2ccc(N3C[C@H](CNC(C)=O)OC3=O)cc2F)cc1. The van der Waals surface area contributed by atoms with E-state index < -0.39 is 18.0 Å². The van der Waals surface area contributed by atoms with Crippen molar-refractivity contribution in [1.82, 2.24) is 5.32 Å². The summed E-state index contributed by atoms with van der Waals surface area (Å²) in [5.41, 5.74) is 7.82. The van der Waals surface area contributed by atoms with Gasteiger partial charge < -0.3 is 20.6 Å². The molecule has 0 radical (unpaired) electrons. The van der Waals surface area contributed by atoms with Crippen LogP contribution >= 0.6 is 0 Å². The van der Waals surface area contributed by atoms with E-state index >= 15 is 0 Å². The lowest BCUT2D eigenvalue weighted by Gasteiger charge is -2.14. The minimum absolute atomic E-state index is 0.208. The summed E-state index contributed by atoms with van der Waals surface area (Å²) in [5, 5.41) is 6.25. The molecule has 1 aliphatic rings. The fourth-order valence-electron chi connectivity index (χ4n) is 2.97. The fraction of sp³-hybridized carbons (Fsp3) is 0.250. The van der Waals surface area contributed by atoms with Crippen LogP contribution in [0, 0.1) is 5.82 Å². The highest BCUT2D eigenvalue weighted by Gasteiger charge is 2.32. The zero-order chi connectivity index (χ0) is 21.0. The molecule has 2 aromatic carbocycles. The lowest BCUT2D eigenvalue weighted by atomic mass is 10.0. The van der Waals surface area contributed by atoms with Crippen molar-refractivity contribution in [2.75, 3.05) is 25.1 Å². The molecule has 1 aliphatic heterocycles. The van der Waals surface area contributed by atoms with Crippen molar-refractivity contribution >= 4 is 23.5 Å². The first-order chi connectivity index (χ1) is 13.9. The molecule has 8 nitrogen and oxygen atoms in total. The van der Waals surface area contributed by atoms with Gasteiger partial charge in [-0.3, -0.25) is 9.69 Å². The molecular weight excluding hydrogens is 379 g/mol. The van der Waals surface area contributed by atoms with Gasteiger partial charge in [-0.25, -0.2) is 9.18 Å². The van der Waals surface area contributed by atoms with Gasteiger partial charge in [-0.15, -0.1) is 0 Å². The smallest absolute Gasteiger partial charge is 0.414 e. The quantitative estimate of drug-likeness (QED) is 0.439. The van der Waals surface area contributed by atoms with Gasteiger partial charge in [-0.05, 0) is 23.8 Å². The average molecular weight is 400 g/mol. The standard InChI is InChI=1S/C20H21FN4O4/c1-12(26)23-10-16-11-25(20(27)29-16)15-7-8-17(18(21)9-15)13-3-5-14(6-4-13)19(22)24-28-2/h3-9,16H,10-11H2,1-2H3,(H2,22,24)(H,23,26)/t16-/m0/s1. The summed E-state index contributed by atoms with van der Waals surface area (Å²) < 4.78 is 19.9. The predicted octanol–water partition coefficient (Wildman–Crippen LogP) is 2.22. The van der Waals surface area contributed by atoms with Crippen LogP contribution in [0.25, 0.3) is 11.1 Å². The molecule has 1 saturated heterocycles. The van der Waals surface area contributed by atoms with Gasteiger partial charge in [0, 0.05) is 18.1 Å². The van der Waals surface area contributed by atoms with Gasteiger partial charge in [0.2, 0.25) is 5.91 Å². The van der Waals surface area contributed by atoms with Crippen molar-refractivity contribution in [3.8, 4) is 11.1 Å². The first-order valence-electron chi connectivity index (χ1n) is 8.88. The Labute approximate surface area is 167 Å². The number of carbonyl (C=O) groups is 2. The number of oxime groups is 1. The Kier molecular flexibility index (Phi) is 5.96. The van der Waals surface area contributed by atoms with Crippen LogP contribution in [-0.2, 0) is 14.4 Å². The topological polar surface area (TPSA) is 106 Å². The van der Waals surface area contributed by atoms with E-state index in [9.17, 15) is 14.0 Å². The Morgan fingerprint density at radius 3 is 2.69 bits per heavy atom. The van der Waals surface area contributed by atoms with Gasteiger partial charge in [0.1, 0.15) is 19.0 Å². The minimum atomic E-state index is -0.579. The van der Waals surface area contributed by atoms with E-state index in [0.717, 1.165) is 0 Å². The van der Waals surface area contributed by atoms with Crippen molar-refractivity contribution in [1.29, 1.82) is 0 Å². The van der Waals surface area contributed by atoms with Crippen LogP contribution < -0.4 is 16.0 Å². The number of ether oxygens (including phenoxy) is 1. The van der Waals surface area contributed by atoms with Gasteiger partial charge in [0.05, 0.1) is 18.8 Å². The van der Waals surface area contributed by atoms with Gasteiger partial charge >= 0.3 is 6.09 Å². The number of amidine groups is 1. The highest BCUT2D eigenvalue weighted by atomic mass is 19.1. The summed E-state index contributed by atoms with van der Waals surface area (Å²) in [4.78, 5) is 29.1. The molecular formula is C20H21FN4O4. The van der Waals surface area contributed by atoms with E-state index in [1.54, 1.807) is 36.4 Å². The fourth-order valence-corrected chi connectivity index (χ4v) is 2.97. The maximum absolute atomic E-state index is 14.7. The lowest BCUT2D eigenvalue weighted by Crippen LogP contribution is -2.33. The molecule has 29 heavy (non-hydrogen) atoms. The number of nitrogens with one attached hydrogen (secondary N) is 1. The van der Waals surface area contributed by atoms with E-state index in [1.807, 2.05) is 0 Å². The zero-order valence-corrected chi connectivity index (χ0v) is 16.0. The van der Waals surface area contributed by atoms with Crippen LogP contribution in [-0.4, -0.2) is 44.1 Å². The third-order valence-corrected chi connectivity index (χ3v) is 4.40. The number of anilines is 1. The summed E-state index contributed by atoms with van der Waals surface area (Å²) in [6.07, 6.45) is -1.06. The van der Waals surface area contributed by atoms with Crippen LogP contribution in [0.15, 0.2) is 47.6 Å². The Balaban J connectivity index is 1.76. The van der Waals surface area contributed by atoms with Crippen molar-refractivity contribution in [2.24, 2.45) is 10.9 Å². The summed E-state index contributed by atoms with van der Waals surface area (Å²) in [6.45, 7) is 1.82. The number of hydrogen-bond acceptors (Lipinski definition) is 5. The second-order valence-corrected chi connectivity index (χ2v) is 6.45. The summed E-state index contributed by atoms with van der Waals surface area (Å²) >= 11 is 0. The predicted molar refractivity (Wildman–Crippen MR) is 106 cm³/mol. The number of halogens is 1. The van der Waals surface area contributed by atoms with Crippen molar-refractivity contribution < 1.29 is 23.6 Å². The number of amides is 2. The number of nitrogens with two attached hydrogens (primary N) is 1. The molecule has 0 bridgehead atoms. The monoisotopic (exact) mass is 400 g/mol. The summed E-state index contributed by atoms with van der Waals surface area (Å²) in [5.74, 6) is -0.473. The van der Waals surface area contributed by atoms with E-state index in [4.69, 9.17) is 10.5 Å². The van der Waals surface area contributed by atoms with E-state index in [0.29, 0.717) is 22.4 Å². The Morgan fingerprint density at radius 1 is 1.34 bits per heavy atom. The number of rotatable bonds is 6. The molecule has 2 amide bonds. The largest absolute Gasteiger partial charge is 0.442 e. The molecule has 0 unspecified atom stereocenters. The number of benzene rings is 2. The molecule has 0 saturated carbocycles. The Hall–Kier alpha value is -3.62. The molecule has 1 fully saturated rings. The van der Waals surface area contributed by atoms with Gasteiger partial charge in [0.15, 0.2) is 5.84 Å². The first kappa shape index (κ1) is 20.1. The van der Waals surface area contributed by atoms with Crippen LogP contribution in [0.3, 0.4) is 0 Å². The molecule has 3 rings (SSSR count). The van der Waals surface area contributed by atoms with Crippen LogP contribution in [0.1, 0.15) is 12.5 Å². The van der Waals surface area contributed by atoms with Crippen LogP contribution in [0.4, 0.5) is 14.9 Å². The van der Waals surface area contributed by atoms with E-state index in [-0.39, 0.29) is 24.8 Å². The molecule has 0 aliphatic carbocycles. The number of nitrogens with zero attached hydrogens (tertiary/aromatic N) is 2. The Bertz CT molecular complexity index is 946. The van der Waals surface area contributed by atoms with Crippen molar-refractivity contribution in [2.45, 2.75) is 13.0 Å². The third-order valence-electron chi connectivity index (χ3n) is 4.40. The maximum Gasteiger partial charge on any atom is 0.414 e. The van der Waals surface area contributed by atoms with Crippen LogP contribution in [0.2, 0.25) is 0 Å². The highest BCUT2D eigenvalue weighted by molar-refractivity contribution is 5.97. The molecule has 1 atom stereocenters. The molecule has 0 aromatic heterocycles. The molecule has 3 N–H and O–H groups in total. The van der Waals surface area contributed by atoms with Gasteiger partial charge in [0.25, 0.3) is 0 Å². The van der Waals surface area contributed by atoms with Gasteiger partial charge in [-0.2, -0.15) is 0 Å². The molecule has 0 spiro atoms. The van der Waals surface area contributed by atoms with E-state index in [1.165, 1.54) is 25.0 Å². The normalized spacial score (nSPS) is 16.5. The number of hydrogen-bond donors (Lipinski definition) is 2. The zero-order valence-electron chi connectivity index (χ0n) is 16.0. The average Bonchev–Trinajstić information content (AvgIpc) is 3.07. The van der Waals surface area contributed by atoms with Crippen LogP contribution in [0.5, 0.6) is 0 Å². The molecule has 2 aromatic rings. The van der Waals surface area contributed by atoms with Crippen molar-refractivity contribution in [3.05, 3.63) is 53.8 Å². The van der Waals surface area contributed by atoms with Gasteiger partial charge in [-0.1, -0.05) is 29.4 Å². The summed E-state index contributed by atoms with van der Waals surface area (Å²) in [7, 11) is 1.40. The van der Waals surface area contributed by atoms with Crippen molar-refractivity contribution in [3.63, 3.8) is 0 Å². The molecule has 9 heteroatoms. The lowest BCUT2D eigenvalue weighted by molar-refractivity contribution is -0.119. The second kappa shape index (κ2) is 8.59. The minimum Gasteiger partial charge on any atom is -0.442 e. The second-order valence-electron chi connectivity index (χ2n) is 6.45. The Morgan fingerprint density at radius 2 is 2.07 bits per heavy atom. The third kappa shape index (κ3) is 4.63. The number of cyclic esters (lactones) is 1.